The van der Waals surface area contributed by atoms with E-state index >= 15 is 0 Å². The number of rotatable bonds is 8. The fraction of sp³-hybridized carbons (Fsp3) is 0.353. The molecule has 0 saturated carbocycles. The molecule has 1 aromatic heterocycles. The van der Waals surface area contributed by atoms with Crippen LogP contribution < -0.4 is 5.32 Å². The maximum Gasteiger partial charge on any atom is 0.326 e. The molecule has 1 atom stereocenters. The molecule has 1 heterocycles. The third kappa shape index (κ3) is 5.32. The normalized spacial score (nSPS) is 11.9. The minimum absolute atomic E-state index is 0.0694. The summed E-state index contributed by atoms with van der Waals surface area (Å²) in [7, 11) is 0. The zero-order valence-corrected chi connectivity index (χ0v) is 14.9. The summed E-state index contributed by atoms with van der Waals surface area (Å²) in [6.07, 6.45) is 2.15. The highest BCUT2D eigenvalue weighted by molar-refractivity contribution is 7.13. The van der Waals surface area contributed by atoms with Crippen molar-refractivity contribution in [3.63, 3.8) is 0 Å². The lowest BCUT2D eigenvalue weighted by Gasteiger charge is -2.13. The van der Waals surface area contributed by atoms with Crippen LogP contribution in [0.1, 0.15) is 31.9 Å². The minimum Gasteiger partial charge on any atom is -0.480 e. The van der Waals surface area contributed by atoms with Crippen LogP contribution in [0.25, 0.3) is 10.6 Å². The molecule has 0 aliphatic heterocycles. The number of hydrogen-bond donors (Lipinski definition) is 2. The molecular weight excluding hydrogens is 348 g/mol. The van der Waals surface area contributed by atoms with Gasteiger partial charge in [0.1, 0.15) is 11.0 Å². The van der Waals surface area contributed by atoms with Gasteiger partial charge in [-0.15, -0.1) is 11.3 Å². The quantitative estimate of drug-likeness (QED) is 0.745. The summed E-state index contributed by atoms with van der Waals surface area (Å²) in [6.45, 7) is 1.98. The number of carboxylic acid groups (broad SMARTS) is 1. The Morgan fingerprint density at radius 3 is 2.67 bits per heavy atom. The zero-order valence-electron chi connectivity index (χ0n) is 13.3. The van der Waals surface area contributed by atoms with E-state index in [2.05, 4.69) is 10.3 Å². The molecule has 0 bridgehead atoms. The molecule has 0 saturated heterocycles. The van der Waals surface area contributed by atoms with Gasteiger partial charge in [-0.2, -0.15) is 0 Å². The van der Waals surface area contributed by atoms with Crippen molar-refractivity contribution in [2.24, 2.45) is 0 Å². The highest BCUT2D eigenvalue weighted by Gasteiger charge is 2.19. The van der Waals surface area contributed by atoms with E-state index in [0.29, 0.717) is 17.1 Å². The Morgan fingerprint density at radius 2 is 2.04 bits per heavy atom. The van der Waals surface area contributed by atoms with Crippen molar-refractivity contribution in [2.75, 3.05) is 0 Å². The lowest BCUT2D eigenvalue weighted by molar-refractivity contribution is -0.142. The number of hydrogen-bond acceptors (Lipinski definition) is 4. The molecule has 7 heteroatoms. The van der Waals surface area contributed by atoms with Gasteiger partial charge in [0.25, 0.3) is 0 Å². The van der Waals surface area contributed by atoms with Crippen molar-refractivity contribution in [2.45, 2.75) is 38.6 Å². The van der Waals surface area contributed by atoms with E-state index in [0.717, 1.165) is 23.4 Å². The van der Waals surface area contributed by atoms with Crippen molar-refractivity contribution >= 4 is 34.8 Å². The van der Waals surface area contributed by atoms with Crippen molar-refractivity contribution < 1.29 is 14.7 Å². The number of aromatic nitrogens is 1. The van der Waals surface area contributed by atoms with E-state index in [1.54, 1.807) is 12.1 Å². The Kier molecular flexibility index (Phi) is 6.75. The number of amides is 1. The van der Waals surface area contributed by atoms with Crippen LogP contribution in [-0.4, -0.2) is 28.0 Å². The number of halogens is 1. The molecule has 0 aliphatic rings. The molecule has 2 aromatic rings. The van der Waals surface area contributed by atoms with Crippen LogP contribution in [0.4, 0.5) is 0 Å². The summed E-state index contributed by atoms with van der Waals surface area (Å²) < 4.78 is 0. The van der Waals surface area contributed by atoms with Gasteiger partial charge in [-0.3, -0.25) is 4.79 Å². The monoisotopic (exact) mass is 366 g/mol. The summed E-state index contributed by atoms with van der Waals surface area (Å²) in [5, 5.41) is 15.0. The Bertz CT molecular complexity index is 700. The molecule has 128 valence electrons. The summed E-state index contributed by atoms with van der Waals surface area (Å²) in [5.74, 6) is -1.33. The SMILES string of the molecule is CCCCC(NC(=O)Cc1csc(-c2ccc(Cl)cc2)n1)C(=O)O. The molecule has 1 unspecified atom stereocenters. The fourth-order valence-corrected chi connectivity index (χ4v) is 3.14. The first kappa shape index (κ1) is 18.4. The van der Waals surface area contributed by atoms with Gasteiger partial charge in [-0.25, -0.2) is 9.78 Å². The highest BCUT2D eigenvalue weighted by atomic mass is 35.5. The number of benzene rings is 1. The molecule has 2 N–H and O–H groups in total. The van der Waals surface area contributed by atoms with Crippen molar-refractivity contribution in [3.05, 3.63) is 40.4 Å². The highest BCUT2D eigenvalue weighted by Crippen LogP contribution is 2.25. The number of nitrogens with one attached hydrogen (secondary N) is 1. The lowest BCUT2D eigenvalue weighted by atomic mass is 10.1. The first-order valence-electron chi connectivity index (χ1n) is 7.72. The number of nitrogens with zero attached hydrogens (tertiary/aromatic N) is 1. The van der Waals surface area contributed by atoms with Crippen LogP contribution in [0, 0.1) is 0 Å². The van der Waals surface area contributed by atoms with Gasteiger partial charge in [0.15, 0.2) is 0 Å². The molecule has 1 amide bonds. The average molecular weight is 367 g/mol. The summed E-state index contributed by atoms with van der Waals surface area (Å²) in [4.78, 5) is 27.7. The fourth-order valence-electron chi connectivity index (χ4n) is 2.19. The number of unbranched alkanes of at least 4 members (excludes halogenated alkanes) is 1. The number of carbonyl (C=O) groups excluding carboxylic acids is 1. The third-order valence-electron chi connectivity index (χ3n) is 3.46. The summed E-state index contributed by atoms with van der Waals surface area (Å²) >= 11 is 7.30. The van der Waals surface area contributed by atoms with Gasteiger partial charge < -0.3 is 10.4 Å². The van der Waals surface area contributed by atoms with Crippen molar-refractivity contribution in [1.29, 1.82) is 0 Å². The second kappa shape index (κ2) is 8.80. The molecule has 2 rings (SSSR count). The second-order valence-electron chi connectivity index (χ2n) is 5.43. The summed E-state index contributed by atoms with van der Waals surface area (Å²) in [5.41, 5.74) is 1.56. The standard InChI is InChI=1S/C17H19ClN2O3S/c1-2-3-4-14(17(22)23)20-15(21)9-13-10-24-16(19-13)11-5-7-12(18)8-6-11/h5-8,10,14H,2-4,9H2,1H3,(H,20,21)(H,22,23). The molecule has 0 fully saturated rings. The molecule has 1 aromatic carbocycles. The van der Waals surface area contributed by atoms with E-state index < -0.39 is 12.0 Å². The van der Waals surface area contributed by atoms with Gasteiger partial charge >= 0.3 is 5.97 Å². The van der Waals surface area contributed by atoms with Crippen LogP contribution in [0.5, 0.6) is 0 Å². The number of thiazole rings is 1. The van der Waals surface area contributed by atoms with E-state index in [-0.39, 0.29) is 12.3 Å². The molecule has 0 spiro atoms. The van der Waals surface area contributed by atoms with E-state index in [4.69, 9.17) is 16.7 Å². The predicted octanol–water partition coefficient (Wildman–Crippen LogP) is 3.77. The van der Waals surface area contributed by atoms with Gasteiger partial charge in [-0.1, -0.05) is 43.5 Å². The maximum absolute atomic E-state index is 12.1. The van der Waals surface area contributed by atoms with Gasteiger partial charge in [0, 0.05) is 16.0 Å². The number of aliphatic carboxylic acids is 1. The molecule has 5 nitrogen and oxygen atoms in total. The van der Waals surface area contributed by atoms with Crippen LogP contribution in [0.3, 0.4) is 0 Å². The first-order chi connectivity index (χ1) is 11.5. The Balaban J connectivity index is 1.97. The van der Waals surface area contributed by atoms with Gasteiger partial charge in [-0.05, 0) is 18.6 Å². The van der Waals surface area contributed by atoms with Crippen molar-refractivity contribution in [1.82, 2.24) is 10.3 Å². The van der Waals surface area contributed by atoms with E-state index in [1.807, 2.05) is 24.4 Å². The average Bonchev–Trinajstić information content (AvgIpc) is 3.00. The number of carbonyl (C=O) groups is 2. The molecule has 0 radical (unpaired) electrons. The molecule has 24 heavy (non-hydrogen) atoms. The lowest BCUT2D eigenvalue weighted by Crippen LogP contribution is -2.41. The van der Waals surface area contributed by atoms with Gasteiger partial charge in [0.05, 0.1) is 12.1 Å². The summed E-state index contributed by atoms with van der Waals surface area (Å²) in [6, 6.07) is 6.48. The largest absolute Gasteiger partial charge is 0.480 e. The Morgan fingerprint density at radius 1 is 1.33 bits per heavy atom. The first-order valence-corrected chi connectivity index (χ1v) is 8.98. The van der Waals surface area contributed by atoms with Crippen LogP contribution >= 0.6 is 22.9 Å². The van der Waals surface area contributed by atoms with Gasteiger partial charge in [0.2, 0.25) is 5.91 Å². The Hall–Kier alpha value is -1.92. The molecule has 0 aliphatic carbocycles. The van der Waals surface area contributed by atoms with Crippen LogP contribution in [0.15, 0.2) is 29.6 Å². The third-order valence-corrected chi connectivity index (χ3v) is 4.66. The number of carboxylic acids is 1. The van der Waals surface area contributed by atoms with Crippen LogP contribution in [-0.2, 0) is 16.0 Å². The predicted molar refractivity (Wildman–Crippen MR) is 95.4 cm³/mol. The zero-order chi connectivity index (χ0) is 17.5. The van der Waals surface area contributed by atoms with Crippen LogP contribution in [0.2, 0.25) is 5.02 Å². The van der Waals surface area contributed by atoms with E-state index in [1.165, 1.54) is 11.3 Å². The smallest absolute Gasteiger partial charge is 0.326 e. The minimum atomic E-state index is -1.00. The maximum atomic E-state index is 12.1. The second-order valence-corrected chi connectivity index (χ2v) is 6.72. The topological polar surface area (TPSA) is 79.3 Å². The Labute approximate surface area is 149 Å². The molecular formula is C17H19ClN2O3S. The van der Waals surface area contributed by atoms with Crippen molar-refractivity contribution in [3.8, 4) is 10.6 Å². The van der Waals surface area contributed by atoms with E-state index in [9.17, 15) is 9.59 Å².